The highest BCUT2D eigenvalue weighted by Gasteiger charge is 2.20. The third-order valence-corrected chi connectivity index (χ3v) is 2.98. The largest absolute Gasteiger partial charge is 0.396 e. The van der Waals surface area contributed by atoms with Gasteiger partial charge < -0.3 is 10.6 Å². The molecular formula is C15H11F2N3O. The van der Waals surface area contributed by atoms with Crippen LogP contribution in [0.4, 0.5) is 20.2 Å². The second-order valence-corrected chi connectivity index (χ2v) is 4.38. The average molecular weight is 287 g/mol. The minimum absolute atomic E-state index is 0.424. The van der Waals surface area contributed by atoms with Gasteiger partial charge in [-0.05, 0) is 36.4 Å². The molecule has 0 aromatic heterocycles. The van der Waals surface area contributed by atoms with E-state index in [4.69, 9.17) is 11.0 Å². The molecule has 2 aromatic rings. The second kappa shape index (κ2) is 5.59. The van der Waals surface area contributed by atoms with Gasteiger partial charge in [0.1, 0.15) is 5.82 Å². The fraction of sp³-hybridized carbons (Fsp3) is 0.0667. The van der Waals surface area contributed by atoms with Crippen molar-refractivity contribution in [1.82, 2.24) is 0 Å². The lowest BCUT2D eigenvalue weighted by Gasteiger charge is -2.18. The minimum Gasteiger partial charge on any atom is -0.396 e. The number of halogens is 2. The monoisotopic (exact) mass is 287 g/mol. The smallest absolute Gasteiger partial charge is 0.261 e. The van der Waals surface area contributed by atoms with Gasteiger partial charge in [-0.2, -0.15) is 5.26 Å². The van der Waals surface area contributed by atoms with Crippen LogP contribution in [0, 0.1) is 23.0 Å². The molecule has 0 atom stereocenters. The molecule has 0 spiro atoms. The van der Waals surface area contributed by atoms with E-state index in [1.807, 2.05) is 6.07 Å². The van der Waals surface area contributed by atoms with E-state index in [1.165, 1.54) is 31.3 Å². The summed E-state index contributed by atoms with van der Waals surface area (Å²) in [7, 11) is 1.42. The number of hydrogen-bond acceptors (Lipinski definition) is 3. The Morgan fingerprint density at radius 3 is 2.43 bits per heavy atom. The van der Waals surface area contributed by atoms with Crippen LogP contribution >= 0.6 is 0 Å². The topological polar surface area (TPSA) is 70.1 Å². The van der Waals surface area contributed by atoms with Crippen molar-refractivity contribution in [2.75, 3.05) is 17.7 Å². The summed E-state index contributed by atoms with van der Waals surface area (Å²) >= 11 is 0. The number of carbonyl (C=O) groups is 1. The minimum atomic E-state index is -0.957. The van der Waals surface area contributed by atoms with Crippen molar-refractivity contribution in [2.45, 2.75) is 0 Å². The first-order chi connectivity index (χ1) is 9.93. The zero-order chi connectivity index (χ0) is 15.6. The molecule has 4 nitrogen and oxygen atoms in total. The Morgan fingerprint density at radius 1 is 1.24 bits per heavy atom. The molecule has 1 amide bonds. The number of benzene rings is 2. The summed E-state index contributed by atoms with van der Waals surface area (Å²) < 4.78 is 27.1. The fourth-order valence-electron chi connectivity index (χ4n) is 1.82. The van der Waals surface area contributed by atoms with Crippen molar-refractivity contribution in [3.63, 3.8) is 0 Å². The van der Waals surface area contributed by atoms with E-state index >= 15 is 0 Å². The number of anilines is 2. The molecule has 0 saturated heterocycles. The Kier molecular flexibility index (Phi) is 3.85. The van der Waals surface area contributed by atoms with Gasteiger partial charge in [0.05, 0.1) is 22.9 Å². The molecule has 0 aliphatic rings. The van der Waals surface area contributed by atoms with Crippen LogP contribution in [0.5, 0.6) is 0 Å². The summed E-state index contributed by atoms with van der Waals surface area (Å²) in [4.78, 5) is 13.4. The zero-order valence-corrected chi connectivity index (χ0v) is 11.1. The van der Waals surface area contributed by atoms with Gasteiger partial charge >= 0.3 is 0 Å². The first-order valence-corrected chi connectivity index (χ1v) is 5.96. The van der Waals surface area contributed by atoms with Crippen LogP contribution in [0.1, 0.15) is 15.9 Å². The van der Waals surface area contributed by atoms with Crippen LogP contribution in [0.15, 0.2) is 36.4 Å². The zero-order valence-electron chi connectivity index (χ0n) is 11.1. The number of amides is 1. The maximum absolute atomic E-state index is 13.8. The number of carbonyl (C=O) groups excluding carboxylic acids is 1. The Hall–Kier alpha value is -2.94. The molecule has 0 saturated carbocycles. The number of nitrogens with zero attached hydrogens (tertiary/aromatic N) is 2. The fourth-order valence-corrected chi connectivity index (χ4v) is 1.82. The predicted octanol–water partition coefficient (Wildman–Crippen LogP) is 2.70. The van der Waals surface area contributed by atoms with Crippen molar-refractivity contribution in [3.8, 4) is 6.07 Å². The molecule has 0 aliphatic heterocycles. The molecule has 0 aliphatic carbocycles. The van der Waals surface area contributed by atoms with Gasteiger partial charge in [0.25, 0.3) is 5.91 Å². The Morgan fingerprint density at radius 2 is 1.86 bits per heavy atom. The summed E-state index contributed by atoms with van der Waals surface area (Å²) in [5.74, 6) is -2.48. The van der Waals surface area contributed by atoms with E-state index in [-0.39, 0.29) is 0 Å². The maximum Gasteiger partial charge on any atom is 0.261 e. The van der Waals surface area contributed by atoms with E-state index in [0.717, 1.165) is 17.0 Å². The molecule has 0 radical (unpaired) electrons. The molecule has 2 rings (SSSR count). The molecule has 6 heteroatoms. The van der Waals surface area contributed by atoms with Crippen molar-refractivity contribution in [2.24, 2.45) is 0 Å². The summed E-state index contributed by atoms with van der Waals surface area (Å²) in [6.45, 7) is 0. The van der Waals surface area contributed by atoms with Crippen molar-refractivity contribution in [1.29, 1.82) is 5.26 Å². The average Bonchev–Trinajstić information content (AvgIpc) is 2.49. The van der Waals surface area contributed by atoms with Gasteiger partial charge in [-0.15, -0.1) is 0 Å². The lowest BCUT2D eigenvalue weighted by atomic mass is 10.1. The standard InChI is InChI=1S/C15H11F2N3O/c1-20(11-4-2-9(8-18)3-5-11)15(21)12-6-10(16)7-13(19)14(12)17/h2-7H,19H2,1H3. The second-order valence-electron chi connectivity index (χ2n) is 4.38. The Labute approximate surface area is 120 Å². The number of nitriles is 1. The number of rotatable bonds is 2. The van der Waals surface area contributed by atoms with Gasteiger partial charge in [-0.1, -0.05) is 0 Å². The van der Waals surface area contributed by atoms with Gasteiger partial charge in [-0.25, -0.2) is 8.78 Å². The molecule has 0 heterocycles. The van der Waals surface area contributed by atoms with Gasteiger partial charge in [0, 0.05) is 12.7 Å². The van der Waals surface area contributed by atoms with Gasteiger partial charge in [0.2, 0.25) is 0 Å². The third-order valence-electron chi connectivity index (χ3n) is 2.98. The first-order valence-electron chi connectivity index (χ1n) is 5.96. The van der Waals surface area contributed by atoms with Gasteiger partial charge in [-0.3, -0.25) is 4.79 Å². The number of nitrogens with two attached hydrogens (primary N) is 1. The summed E-state index contributed by atoms with van der Waals surface area (Å²) in [5, 5.41) is 8.72. The van der Waals surface area contributed by atoms with Crippen molar-refractivity contribution < 1.29 is 13.6 Å². The molecule has 2 aromatic carbocycles. The molecule has 0 bridgehead atoms. The third kappa shape index (κ3) is 2.82. The molecular weight excluding hydrogens is 276 g/mol. The van der Waals surface area contributed by atoms with E-state index < -0.39 is 28.8 Å². The summed E-state index contributed by atoms with van der Waals surface area (Å²) in [5.41, 5.74) is 5.32. The maximum atomic E-state index is 13.8. The molecule has 21 heavy (non-hydrogen) atoms. The molecule has 2 N–H and O–H groups in total. The van der Waals surface area contributed by atoms with Crippen LogP contribution in [-0.2, 0) is 0 Å². The van der Waals surface area contributed by atoms with Crippen LogP contribution in [-0.4, -0.2) is 13.0 Å². The number of nitrogen functional groups attached to an aromatic ring is 1. The Bertz CT molecular complexity index is 736. The first kappa shape index (κ1) is 14.5. The van der Waals surface area contributed by atoms with Crippen LogP contribution in [0.2, 0.25) is 0 Å². The highest BCUT2D eigenvalue weighted by Crippen LogP contribution is 2.22. The van der Waals surface area contributed by atoms with Crippen LogP contribution < -0.4 is 10.6 Å². The molecule has 106 valence electrons. The predicted molar refractivity (Wildman–Crippen MR) is 74.7 cm³/mol. The van der Waals surface area contributed by atoms with Crippen LogP contribution in [0.25, 0.3) is 0 Å². The lowest BCUT2D eigenvalue weighted by Crippen LogP contribution is -2.27. The van der Waals surface area contributed by atoms with Crippen molar-refractivity contribution >= 4 is 17.3 Å². The number of hydrogen-bond donors (Lipinski definition) is 1. The highest BCUT2D eigenvalue weighted by molar-refractivity contribution is 6.06. The molecule has 0 unspecified atom stereocenters. The quantitative estimate of drug-likeness (QED) is 0.863. The van der Waals surface area contributed by atoms with Crippen molar-refractivity contribution in [3.05, 3.63) is 59.2 Å². The SMILES string of the molecule is CN(C(=O)c1cc(F)cc(N)c1F)c1ccc(C#N)cc1. The molecule has 0 fully saturated rings. The lowest BCUT2D eigenvalue weighted by molar-refractivity contribution is 0.0989. The van der Waals surface area contributed by atoms with Gasteiger partial charge in [0.15, 0.2) is 5.82 Å². The van der Waals surface area contributed by atoms with E-state index in [2.05, 4.69) is 0 Å². The van der Waals surface area contributed by atoms with Crippen LogP contribution in [0.3, 0.4) is 0 Å². The summed E-state index contributed by atoms with van der Waals surface area (Å²) in [6.07, 6.45) is 0. The highest BCUT2D eigenvalue weighted by atomic mass is 19.1. The van der Waals surface area contributed by atoms with E-state index in [0.29, 0.717) is 11.3 Å². The van der Waals surface area contributed by atoms with E-state index in [9.17, 15) is 13.6 Å². The van der Waals surface area contributed by atoms with E-state index in [1.54, 1.807) is 0 Å². The Balaban J connectivity index is 2.37. The summed E-state index contributed by atoms with van der Waals surface area (Å²) in [6, 6.07) is 9.69. The normalized spacial score (nSPS) is 10.0.